The summed E-state index contributed by atoms with van der Waals surface area (Å²) in [7, 11) is 3.34. The molecule has 4 heterocycles. The van der Waals surface area contributed by atoms with Crippen LogP contribution < -0.4 is 30.5 Å². The quantitative estimate of drug-likeness (QED) is 0.111. The minimum absolute atomic E-state index is 0.00165. The van der Waals surface area contributed by atoms with Crippen molar-refractivity contribution in [1.82, 2.24) is 30.2 Å². The number of nitrogens with zero attached hydrogens (tertiary/aromatic N) is 4. The zero-order valence-electron chi connectivity index (χ0n) is 35.3. The number of aromatic nitrogens is 6. The molecule has 14 nitrogen and oxygen atoms in total. The number of halogens is 8. The molecule has 8 rings (SSSR count). The van der Waals surface area contributed by atoms with Crippen molar-refractivity contribution < 1.29 is 63.1 Å². The second-order valence-corrected chi connectivity index (χ2v) is 15.7. The van der Waals surface area contributed by atoms with Crippen molar-refractivity contribution in [2.45, 2.75) is 39.4 Å². The molecule has 0 atom stereocenters. The van der Waals surface area contributed by atoms with Crippen LogP contribution in [0.3, 0.4) is 0 Å². The molecule has 2 N–H and O–H groups in total. The van der Waals surface area contributed by atoms with Gasteiger partial charge in [-0.15, -0.1) is 22.7 Å². The van der Waals surface area contributed by atoms with Gasteiger partial charge in [-0.05, 0) is 56.3 Å². The van der Waals surface area contributed by atoms with Crippen molar-refractivity contribution in [3.8, 4) is 66.9 Å². The van der Waals surface area contributed by atoms with Crippen LogP contribution in [0.4, 0.5) is 35.1 Å². The molecule has 0 saturated heterocycles. The monoisotopic (exact) mass is 978 g/mol. The van der Waals surface area contributed by atoms with Crippen LogP contribution in [0.15, 0.2) is 97.5 Å². The number of alkyl halides is 7. The first-order valence-electron chi connectivity index (χ1n) is 19.0. The van der Waals surface area contributed by atoms with Gasteiger partial charge in [-0.25, -0.2) is 23.9 Å². The van der Waals surface area contributed by atoms with Crippen LogP contribution in [-0.4, -0.2) is 51.6 Å². The number of H-pyrrole nitrogens is 2. The molecule has 0 spiro atoms. The van der Waals surface area contributed by atoms with Crippen molar-refractivity contribution in [3.05, 3.63) is 138 Å². The van der Waals surface area contributed by atoms with Gasteiger partial charge in [0, 0.05) is 23.3 Å². The van der Waals surface area contributed by atoms with Gasteiger partial charge in [-0.2, -0.15) is 26.3 Å². The average Bonchev–Trinajstić information content (AvgIpc) is 4.12. The van der Waals surface area contributed by atoms with Crippen molar-refractivity contribution in [1.29, 1.82) is 0 Å². The van der Waals surface area contributed by atoms with E-state index in [-0.39, 0.29) is 41.9 Å². The standard InChI is InChI=1S/C21H15F4N3O4S.C21H16F3N3O4S.CH3F/c1-10-17(33-19(26-10)11-3-5-12(6-4-11)21(23,24)25)9-31-16-8-15(30-2)13(7-14(16)22)18-27-20(29)32-28-18;1-11-17(32-19(25-11)12-3-5-13(6-4-12)21(22,23)24)10-30-14-7-8-15(16(9-14)29-2)18-26-20(28)31-27-18;1-2/h3-8H,9H2,1-2H3,(H,27,28,29);3-9H,10H2,1-2H3,(H,26,27,28);1H3. The molecule has 0 fully saturated rings. The number of thiazole rings is 2. The first-order chi connectivity index (χ1) is 31.9. The second kappa shape index (κ2) is 20.9. The first kappa shape index (κ1) is 49.1. The normalized spacial score (nSPS) is 11.3. The summed E-state index contributed by atoms with van der Waals surface area (Å²) in [6.45, 7) is 3.73. The summed E-state index contributed by atoms with van der Waals surface area (Å²) in [5, 5.41) is 8.29. The highest BCUT2D eigenvalue weighted by Crippen LogP contribution is 2.38. The molecule has 0 unspecified atom stereocenters. The van der Waals surface area contributed by atoms with E-state index in [1.54, 1.807) is 25.1 Å². The van der Waals surface area contributed by atoms with Gasteiger partial charge in [-0.1, -0.05) is 34.6 Å². The summed E-state index contributed by atoms with van der Waals surface area (Å²) in [6.07, 6.45) is -8.80. The molecule has 0 aliphatic rings. The van der Waals surface area contributed by atoms with E-state index in [0.29, 0.717) is 56.0 Å². The van der Waals surface area contributed by atoms with Gasteiger partial charge >= 0.3 is 23.9 Å². The van der Waals surface area contributed by atoms with Gasteiger partial charge in [0.25, 0.3) is 0 Å². The van der Waals surface area contributed by atoms with Crippen LogP contribution in [0.1, 0.15) is 32.3 Å². The van der Waals surface area contributed by atoms with E-state index < -0.39 is 40.8 Å². The SMILES string of the molecule is CF.COc1cc(OCc2sc(-c3ccc(C(F)(F)F)cc3)nc2C)c(F)cc1-c1noc(=O)[nH]1.COc1cc(OCc2sc(-c3ccc(C(F)(F)F)cc3)nc2C)ccc1-c1noc(=O)[nH]1. The van der Waals surface area contributed by atoms with E-state index in [1.165, 1.54) is 67.2 Å². The molecule has 4 aromatic carbocycles. The number of hydrogen-bond donors (Lipinski definition) is 2. The smallest absolute Gasteiger partial charge is 0.439 e. The fraction of sp³-hybridized carbons (Fsp3) is 0.209. The topological polar surface area (TPSA) is 180 Å². The molecule has 0 aliphatic heterocycles. The van der Waals surface area contributed by atoms with Crippen LogP contribution in [0.5, 0.6) is 23.0 Å². The van der Waals surface area contributed by atoms with Gasteiger partial charge in [0.15, 0.2) is 23.2 Å². The highest BCUT2D eigenvalue weighted by molar-refractivity contribution is 7.15. The molecule has 0 radical (unpaired) electrons. The maximum atomic E-state index is 14.6. The van der Waals surface area contributed by atoms with E-state index >= 15 is 0 Å². The average molecular weight is 979 g/mol. The Morgan fingerprint density at radius 3 is 1.48 bits per heavy atom. The summed E-state index contributed by atoms with van der Waals surface area (Å²) in [4.78, 5) is 37.5. The predicted octanol–water partition coefficient (Wildman–Crippen LogP) is 10.9. The summed E-state index contributed by atoms with van der Waals surface area (Å²) in [5.74, 6) is -0.921. The molecular formula is C43H34F8N6O8S2. The molecule has 24 heteroatoms. The Kier molecular flexibility index (Phi) is 15.3. The van der Waals surface area contributed by atoms with Crippen molar-refractivity contribution in [2.75, 3.05) is 21.4 Å². The number of benzene rings is 4. The maximum absolute atomic E-state index is 14.6. The van der Waals surface area contributed by atoms with E-state index in [9.17, 15) is 44.7 Å². The maximum Gasteiger partial charge on any atom is 0.439 e. The Labute approximate surface area is 380 Å². The number of nitrogens with one attached hydrogen (secondary N) is 2. The van der Waals surface area contributed by atoms with Crippen LogP contribution >= 0.6 is 22.7 Å². The highest BCUT2D eigenvalue weighted by Gasteiger charge is 2.31. The first-order valence-corrected chi connectivity index (χ1v) is 20.6. The molecule has 67 heavy (non-hydrogen) atoms. The lowest BCUT2D eigenvalue weighted by molar-refractivity contribution is -0.138. The minimum Gasteiger partial charge on any atom is -0.496 e. The second-order valence-electron chi connectivity index (χ2n) is 13.5. The molecule has 0 saturated carbocycles. The van der Waals surface area contributed by atoms with Crippen LogP contribution in [-0.2, 0) is 25.6 Å². The number of methoxy groups -OCH3 is 2. The molecular weight excluding hydrogens is 945 g/mol. The van der Waals surface area contributed by atoms with Gasteiger partial charge in [0.1, 0.15) is 40.5 Å². The van der Waals surface area contributed by atoms with Crippen LogP contribution in [0.2, 0.25) is 0 Å². The van der Waals surface area contributed by atoms with E-state index in [2.05, 4.69) is 39.3 Å². The lowest BCUT2D eigenvalue weighted by atomic mass is 10.1. The summed E-state index contributed by atoms with van der Waals surface area (Å²) >= 11 is 2.58. The van der Waals surface area contributed by atoms with Crippen LogP contribution in [0, 0.1) is 19.7 Å². The summed E-state index contributed by atoms with van der Waals surface area (Å²) in [6, 6.07) is 17.0. The minimum atomic E-state index is -4.42. The van der Waals surface area contributed by atoms with Crippen molar-refractivity contribution in [3.63, 3.8) is 0 Å². The Bertz CT molecular complexity index is 3050. The number of hydrogen-bond acceptors (Lipinski definition) is 14. The van der Waals surface area contributed by atoms with Gasteiger partial charge < -0.3 is 18.9 Å². The van der Waals surface area contributed by atoms with Gasteiger partial charge in [0.05, 0.1) is 64.8 Å². The molecule has 4 aromatic heterocycles. The Hall–Kier alpha value is -7.34. The number of aromatic amines is 2. The lowest BCUT2D eigenvalue weighted by Gasteiger charge is -2.11. The molecule has 0 aliphatic carbocycles. The summed E-state index contributed by atoms with van der Waals surface area (Å²) < 4.78 is 132. The van der Waals surface area contributed by atoms with E-state index in [4.69, 9.17) is 18.9 Å². The number of rotatable bonds is 12. The summed E-state index contributed by atoms with van der Waals surface area (Å²) in [5.41, 5.74) is 1.73. The fourth-order valence-corrected chi connectivity index (χ4v) is 7.88. The van der Waals surface area contributed by atoms with E-state index in [0.717, 1.165) is 40.9 Å². The Morgan fingerprint density at radius 1 is 0.597 bits per heavy atom. The third-order valence-corrected chi connectivity index (χ3v) is 11.6. The third kappa shape index (κ3) is 11.9. The molecule has 8 aromatic rings. The largest absolute Gasteiger partial charge is 0.496 e. The zero-order valence-corrected chi connectivity index (χ0v) is 36.9. The predicted molar refractivity (Wildman–Crippen MR) is 228 cm³/mol. The fourth-order valence-electron chi connectivity index (χ4n) is 5.91. The highest BCUT2D eigenvalue weighted by atomic mass is 32.1. The number of aryl methyl sites for hydroxylation is 2. The Morgan fingerprint density at radius 2 is 1.04 bits per heavy atom. The van der Waals surface area contributed by atoms with Crippen molar-refractivity contribution in [2.24, 2.45) is 0 Å². The molecule has 0 bridgehead atoms. The van der Waals surface area contributed by atoms with Crippen LogP contribution in [0.25, 0.3) is 43.9 Å². The number of ether oxygens (including phenoxy) is 4. The molecule has 0 amide bonds. The Balaban J connectivity index is 0.000000213. The van der Waals surface area contributed by atoms with Crippen molar-refractivity contribution >= 4 is 22.7 Å². The lowest BCUT2D eigenvalue weighted by Crippen LogP contribution is -2.03. The molecule has 352 valence electrons. The van der Waals surface area contributed by atoms with Gasteiger partial charge in [-0.3, -0.25) is 23.4 Å². The third-order valence-electron chi connectivity index (χ3n) is 9.25. The van der Waals surface area contributed by atoms with Gasteiger partial charge in [0.2, 0.25) is 0 Å². The van der Waals surface area contributed by atoms with E-state index in [1.807, 2.05) is 6.92 Å². The zero-order chi connectivity index (χ0) is 48.6.